The van der Waals surface area contributed by atoms with Gasteiger partial charge in [-0.25, -0.2) is 0 Å². The molecule has 1 aromatic carbocycles. The Morgan fingerprint density at radius 3 is 2.45 bits per heavy atom. The van der Waals surface area contributed by atoms with Crippen molar-refractivity contribution in [3.63, 3.8) is 0 Å². The van der Waals surface area contributed by atoms with Crippen molar-refractivity contribution in [3.05, 3.63) is 53.9 Å². The summed E-state index contributed by atoms with van der Waals surface area (Å²) < 4.78 is 10.7. The molecule has 0 amide bonds. The summed E-state index contributed by atoms with van der Waals surface area (Å²) in [5, 5.41) is 12.2. The fourth-order valence-corrected chi connectivity index (χ4v) is 1.95. The van der Waals surface area contributed by atoms with Crippen LogP contribution in [0.1, 0.15) is 11.1 Å². The lowest BCUT2D eigenvalue weighted by Gasteiger charge is -2.12. The molecule has 0 saturated heterocycles. The van der Waals surface area contributed by atoms with Crippen LogP contribution in [0.15, 0.2) is 42.7 Å². The Morgan fingerprint density at radius 2 is 1.77 bits per heavy atom. The van der Waals surface area contributed by atoms with E-state index in [9.17, 15) is 0 Å². The van der Waals surface area contributed by atoms with E-state index in [0.29, 0.717) is 11.5 Å². The molecule has 0 unspecified atom stereocenters. The molecule has 0 bridgehead atoms. The summed E-state index contributed by atoms with van der Waals surface area (Å²) in [6.07, 6.45) is 3.57. The summed E-state index contributed by atoms with van der Waals surface area (Å²) in [6, 6.07) is 9.75. The van der Waals surface area contributed by atoms with Gasteiger partial charge in [-0.05, 0) is 35.4 Å². The first-order valence-corrected chi connectivity index (χ1v) is 6.83. The fraction of sp³-hybridized carbons (Fsp3) is 0.312. The number of halogens is 1. The van der Waals surface area contributed by atoms with Crippen LogP contribution >= 0.6 is 12.4 Å². The molecular weight excluding hydrogens is 304 g/mol. The molecule has 0 aliphatic carbocycles. The third-order valence-corrected chi connectivity index (χ3v) is 2.98. The molecular formula is C16H21ClN2O3. The lowest BCUT2D eigenvalue weighted by atomic mass is 10.2. The van der Waals surface area contributed by atoms with E-state index in [4.69, 9.17) is 14.6 Å². The summed E-state index contributed by atoms with van der Waals surface area (Å²) in [5.74, 6) is 1.32. The Hall–Kier alpha value is -1.82. The molecule has 0 aliphatic rings. The highest BCUT2D eigenvalue weighted by Gasteiger charge is 2.05. The van der Waals surface area contributed by atoms with Gasteiger partial charge >= 0.3 is 0 Å². The largest absolute Gasteiger partial charge is 0.493 e. The lowest BCUT2D eigenvalue weighted by molar-refractivity contribution is 0.196. The number of aliphatic hydroxyl groups excluding tert-OH is 1. The number of methoxy groups -OCH3 is 1. The first kappa shape index (κ1) is 18.2. The molecule has 1 aromatic heterocycles. The molecule has 0 fully saturated rings. The Morgan fingerprint density at radius 1 is 1.05 bits per heavy atom. The second-order valence-electron chi connectivity index (χ2n) is 4.52. The predicted octanol–water partition coefficient (Wildman–Crippen LogP) is 2.17. The van der Waals surface area contributed by atoms with Crippen molar-refractivity contribution in [1.29, 1.82) is 0 Å². The lowest BCUT2D eigenvalue weighted by Crippen LogP contribution is -2.12. The monoisotopic (exact) mass is 324 g/mol. The van der Waals surface area contributed by atoms with Gasteiger partial charge in [0.05, 0.1) is 13.7 Å². The number of pyridine rings is 1. The van der Waals surface area contributed by atoms with Crippen molar-refractivity contribution in [3.8, 4) is 11.5 Å². The van der Waals surface area contributed by atoms with E-state index in [2.05, 4.69) is 10.3 Å². The molecule has 120 valence electrons. The number of rotatable bonds is 8. The van der Waals surface area contributed by atoms with Crippen molar-refractivity contribution in [2.75, 3.05) is 20.3 Å². The zero-order valence-electron chi connectivity index (χ0n) is 12.5. The highest BCUT2D eigenvalue weighted by Crippen LogP contribution is 2.27. The number of aromatic nitrogens is 1. The zero-order chi connectivity index (χ0) is 14.9. The van der Waals surface area contributed by atoms with Gasteiger partial charge in [-0.1, -0.05) is 6.07 Å². The van der Waals surface area contributed by atoms with Gasteiger partial charge in [0.2, 0.25) is 0 Å². The molecule has 22 heavy (non-hydrogen) atoms. The summed E-state index contributed by atoms with van der Waals surface area (Å²) in [7, 11) is 1.61. The number of benzene rings is 1. The molecule has 1 heterocycles. The maximum atomic E-state index is 8.79. The van der Waals surface area contributed by atoms with Crippen LogP contribution in [0.5, 0.6) is 11.5 Å². The van der Waals surface area contributed by atoms with E-state index in [1.807, 2.05) is 30.3 Å². The van der Waals surface area contributed by atoms with E-state index in [0.717, 1.165) is 18.7 Å². The number of ether oxygens (including phenoxy) is 2. The number of nitrogens with zero attached hydrogens (tertiary/aromatic N) is 1. The Balaban J connectivity index is 0.00000242. The molecule has 0 radical (unpaired) electrons. The van der Waals surface area contributed by atoms with Crippen LogP contribution < -0.4 is 14.8 Å². The third kappa shape index (κ3) is 5.52. The molecule has 2 rings (SSSR count). The summed E-state index contributed by atoms with van der Waals surface area (Å²) in [4.78, 5) is 3.99. The van der Waals surface area contributed by atoms with Crippen LogP contribution in [0.2, 0.25) is 0 Å². The van der Waals surface area contributed by atoms with Gasteiger partial charge in [-0.3, -0.25) is 4.98 Å². The van der Waals surface area contributed by atoms with E-state index in [-0.39, 0.29) is 25.6 Å². The fourth-order valence-electron chi connectivity index (χ4n) is 1.95. The summed E-state index contributed by atoms with van der Waals surface area (Å²) >= 11 is 0. The maximum absolute atomic E-state index is 8.79. The van der Waals surface area contributed by atoms with E-state index >= 15 is 0 Å². The van der Waals surface area contributed by atoms with Crippen LogP contribution in [0.4, 0.5) is 0 Å². The highest BCUT2D eigenvalue weighted by molar-refractivity contribution is 5.85. The summed E-state index contributed by atoms with van der Waals surface area (Å²) in [5.41, 5.74) is 2.30. The molecule has 2 N–H and O–H groups in total. The third-order valence-electron chi connectivity index (χ3n) is 2.98. The van der Waals surface area contributed by atoms with Crippen LogP contribution in [0, 0.1) is 0 Å². The van der Waals surface area contributed by atoms with Crippen molar-refractivity contribution < 1.29 is 14.6 Å². The van der Waals surface area contributed by atoms with Gasteiger partial charge in [0.15, 0.2) is 11.5 Å². The molecule has 0 saturated carbocycles. The van der Waals surface area contributed by atoms with Crippen LogP contribution in [-0.4, -0.2) is 30.4 Å². The Kier molecular flexibility index (Phi) is 8.28. The maximum Gasteiger partial charge on any atom is 0.161 e. The first-order valence-electron chi connectivity index (χ1n) is 6.83. The predicted molar refractivity (Wildman–Crippen MR) is 87.6 cm³/mol. The van der Waals surface area contributed by atoms with Crippen molar-refractivity contribution in [2.24, 2.45) is 0 Å². The second-order valence-corrected chi connectivity index (χ2v) is 4.52. The average molecular weight is 325 g/mol. The van der Waals surface area contributed by atoms with Crippen molar-refractivity contribution >= 4 is 12.4 Å². The van der Waals surface area contributed by atoms with Crippen LogP contribution in [-0.2, 0) is 13.1 Å². The number of aliphatic hydroxyl groups is 1. The van der Waals surface area contributed by atoms with Crippen molar-refractivity contribution in [2.45, 2.75) is 13.1 Å². The van der Waals surface area contributed by atoms with Gasteiger partial charge in [0.25, 0.3) is 0 Å². The Bertz CT molecular complexity index is 552. The number of nitrogens with one attached hydrogen (secondary N) is 1. The molecule has 2 aromatic rings. The molecule has 5 nitrogen and oxygen atoms in total. The second kappa shape index (κ2) is 10.00. The molecule has 0 aliphatic heterocycles. The topological polar surface area (TPSA) is 63.6 Å². The number of hydrogen-bond acceptors (Lipinski definition) is 5. The van der Waals surface area contributed by atoms with E-state index in [1.165, 1.54) is 5.56 Å². The Labute approximate surface area is 136 Å². The minimum atomic E-state index is -0.0155. The zero-order valence-corrected chi connectivity index (χ0v) is 13.3. The van der Waals surface area contributed by atoms with Gasteiger partial charge in [0.1, 0.15) is 6.61 Å². The van der Waals surface area contributed by atoms with Crippen LogP contribution in [0.25, 0.3) is 0 Å². The molecule has 0 spiro atoms. The smallest absolute Gasteiger partial charge is 0.161 e. The normalized spacial score (nSPS) is 9.91. The van der Waals surface area contributed by atoms with Gasteiger partial charge in [-0.15, -0.1) is 12.4 Å². The minimum Gasteiger partial charge on any atom is -0.493 e. The molecule has 0 atom stereocenters. The standard InChI is InChI=1S/C16H20N2O3.ClH/c1-20-16-10-14(2-3-15(16)21-9-8-19)12-18-11-13-4-6-17-7-5-13;/h2-7,10,18-19H,8-9,11-12H2,1H3;1H. The van der Waals surface area contributed by atoms with Gasteiger partial charge in [-0.2, -0.15) is 0 Å². The number of hydrogen-bond donors (Lipinski definition) is 2. The SMILES string of the molecule is COc1cc(CNCc2ccncc2)ccc1OCCO.Cl. The highest BCUT2D eigenvalue weighted by atomic mass is 35.5. The van der Waals surface area contributed by atoms with Crippen molar-refractivity contribution in [1.82, 2.24) is 10.3 Å². The minimum absolute atomic E-state index is 0. The van der Waals surface area contributed by atoms with Gasteiger partial charge < -0.3 is 19.9 Å². The first-order chi connectivity index (χ1) is 10.3. The van der Waals surface area contributed by atoms with Crippen LogP contribution in [0.3, 0.4) is 0 Å². The summed E-state index contributed by atoms with van der Waals surface area (Å²) in [6.45, 7) is 1.76. The van der Waals surface area contributed by atoms with E-state index in [1.54, 1.807) is 19.5 Å². The van der Waals surface area contributed by atoms with Gasteiger partial charge in [0, 0.05) is 25.5 Å². The average Bonchev–Trinajstić information content (AvgIpc) is 2.54. The van der Waals surface area contributed by atoms with E-state index < -0.39 is 0 Å². The molecule has 6 heteroatoms. The quantitative estimate of drug-likeness (QED) is 0.779.